The smallest absolute Gasteiger partial charge is 0.182 e. The maximum atomic E-state index is 12.7. The molecule has 2 rings (SSSR count). The van der Waals surface area contributed by atoms with Crippen molar-refractivity contribution in [3.05, 3.63) is 46.4 Å². The standard InChI is InChI=1S/C13H14FN3OS/c1-17(7-11-8-19-9-16-11)5-4-13(18)12-3-2-10(14)6-15-12/h2-3,6,8-9H,4-5,7H2,1H3. The summed E-state index contributed by atoms with van der Waals surface area (Å²) in [5.41, 5.74) is 3.10. The molecule has 0 saturated carbocycles. The molecular weight excluding hydrogens is 265 g/mol. The molecule has 0 N–H and O–H groups in total. The lowest BCUT2D eigenvalue weighted by Crippen LogP contribution is -2.22. The second kappa shape index (κ2) is 6.49. The zero-order chi connectivity index (χ0) is 13.7. The summed E-state index contributed by atoms with van der Waals surface area (Å²) in [6, 6.07) is 2.66. The predicted molar refractivity (Wildman–Crippen MR) is 71.6 cm³/mol. The largest absolute Gasteiger partial charge is 0.300 e. The number of pyridine rings is 1. The Labute approximate surface area is 114 Å². The highest BCUT2D eigenvalue weighted by Crippen LogP contribution is 2.06. The molecular formula is C13H14FN3OS. The molecule has 100 valence electrons. The summed E-state index contributed by atoms with van der Waals surface area (Å²) in [6.07, 6.45) is 1.42. The maximum absolute atomic E-state index is 12.7. The van der Waals surface area contributed by atoms with E-state index in [9.17, 15) is 9.18 Å². The highest BCUT2D eigenvalue weighted by Gasteiger charge is 2.09. The van der Waals surface area contributed by atoms with Crippen molar-refractivity contribution in [1.82, 2.24) is 14.9 Å². The molecule has 0 radical (unpaired) electrons. The summed E-state index contributed by atoms with van der Waals surface area (Å²) >= 11 is 1.55. The molecule has 0 unspecified atom stereocenters. The summed E-state index contributed by atoms with van der Waals surface area (Å²) in [5, 5.41) is 1.99. The third-order valence-electron chi connectivity index (χ3n) is 2.65. The summed E-state index contributed by atoms with van der Waals surface area (Å²) in [6.45, 7) is 1.34. The molecule has 0 aliphatic carbocycles. The van der Waals surface area contributed by atoms with Crippen LogP contribution in [0.5, 0.6) is 0 Å². The van der Waals surface area contributed by atoms with E-state index >= 15 is 0 Å². The van der Waals surface area contributed by atoms with E-state index in [2.05, 4.69) is 9.97 Å². The number of thiazole rings is 1. The molecule has 0 bridgehead atoms. The van der Waals surface area contributed by atoms with Crippen LogP contribution in [0.2, 0.25) is 0 Å². The molecule has 0 aromatic carbocycles. The van der Waals surface area contributed by atoms with Crippen molar-refractivity contribution in [2.45, 2.75) is 13.0 Å². The molecule has 2 aromatic heterocycles. The first kappa shape index (κ1) is 13.8. The van der Waals surface area contributed by atoms with Crippen LogP contribution in [0.1, 0.15) is 22.6 Å². The SMILES string of the molecule is CN(CCC(=O)c1ccc(F)cn1)Cc1cscn1. The van der Waals surface area contributed by atoms with Gasteiger partial charge in [-0.15, -0.1) is 11.3 Å². The van der Waals surface area contributed by atoms with E-state index in [-0.39, 0.29) is 5.78 Å². The number of hydrogen-bond donors (Lipinski definition) is 0. The van der Waals surface area contributed by atoms with Gasteiger partial charge in [-0.3, -0.25) is 9.78 Å². The minimum atomic E-state index is -0.433. The van der Waals surface area contributed by atoms with Gasteiger partial charge in [-0.25, -0.2) is 9.37 Å². The molecule has 2 aromatic rings. The van der Waals surface area contributed by atoms with Gasteiger partial charge in [0.15, 0.2) is 5.78 Å². The molecule has 2 heterocycles. The molecule has 0 spiro atoms. The van der Waals surface area contributed by atoms with Crippen molar-refractivity contribution < 1.29 is 9.18 Å². The Balaban J connectivity index is 1.81. The lowest BCUT2D eigenvalue weighted by atomic mass is 10.2. The fourth-order valence-corrected chi connectivity index (χ4v) is 2.18. The molecule has 6 heteroatoms. The number of carbonyl (C=O) groups is 1. The van der Waals surface area contributed by atoms with Crippen molar-refractivity contribution >= 4 is 17.1 Å². The van der Waals surface area contributed by atoms with E-state index in [0.717, 1.165) is 11.9 Å². The molecule has 0 aliphatic rings. The summed E-state index contributed by atoms with van der Waals surface area (Å²) in [4.78, 5) is 21.8. The van der Waals surface area contributed by atoms with Gasteiger partial charge < -0.3 is 4.90 Å². The van der Waals surface area contributed by atoms with Gasteiger partial charge in [0.1, 0.15) is 11.5 Å². The van der Waals surface area contributed by atoms with Gasteiger partial charge in [0.2, 0.25) is 0 Å². The third kappa shape index (κ3) is 4.18. The molecule has 0 saturated heterocycles. The number of nitrogens with zero attached hydrogens (tertiary/aromatic N) is 3. The van der Waals surface area contributed by atoms with Crippen LogP contribution in [0.3, 0.4) is 0 Å². The fraction of sp³-hybridized carbons (Fsp3) is 0.308. The molecule has 0 fully saturated rings. The van der Waals surface area contributed by atoms with Crippen molar-refractivity contribution in [3.63, 3.8) is 0 Å². The van der Waals surface area contributed by atoms with E-state index in [0.29, 0.717) is 25.2 Å². The highest BCUT2D eigenvalue weighted by molar-refractivity contribution is 7.07. The number of rotatable bonds is 6. The van der Waals surface area contributed by atoms with Crippen molar-refractivity contribution in [2.24, 2.45) is 0 Å². The van der Waals surface area contributed by atoms with Crippen molar-refractivity contribution in [2.75, 3.05) is 13.6 Å². The van der Waals surface area contributed by atoms with Crippen LogP contribution in [0.4, 0.5) is 4.39 Å². The van der Waals surface area contributed by atoms with Gasteiger partial charge in [-0.05, 0) is 19.2 Å². The Morgan fingerprint density at radius 2 is 2.26 bits per heavy atom. The average Bonchev–Trinajstić information content (AvgIpc) is 2.89. The second-order valence-electron chi connectivity index (χ2n) is 4.25. The van der Waals surface area contributed by atoms with E-state index in [1.165, 1.54) is 12.1 Å². The van der Waals surface area contributed by atoms with Gasteiger partial charge >= 0.3 is 0 Å². The van der Waals surface area contributed by atoms with Crippen LogP contribution in [0.25, 0.3) is 0 Å². The molecule has 0 aliphatic heterocycles. The number of hydrogen-bond acceptors (Lipinski definition) is 5. The zero-order valence-electron chi connectivity index (χ0n) is 10.5. The van der Waals surface area contributed by atoms with E-state index in [1.807, 2.05) is 17.3 Å². The number of ketones is 1. The van der Waals surface area contributed by atoms with Crippen molar-refractivity contribution in [3.8, 4) is 0 Å². The minimum Gasteiger partial charge on any atom is -0.300 e. The summed E-state index contributed by atoms with van der Waals surface area (Å²) in [7, 11) is 1.94. The number of Topliss-reactive ketones (excluding diaryl/α,β-unsaturated/α-hetero) is 1. The van der Waals surface area contributed by atoms with E-state index in [4.69, 9.17) is 0 Å². The zero-order valence-corrected chi connectivity index (χ0v) is 11.4. The van der Waals surface area contributed by atoms with Crippen LogP contribution < -0.4 is 0 Å². The maximum Gasteiger partial charge on any atom is 0.182 e. The Morgan fingerprint density at radius 1 is 1.42 bits per heavy atom. The fourth-order valence-electron chi connectivity index (χ4n) is 1.63. The van der Waals surface area contributed by atoms with Crippen LogP contribution in [-0.4, -0.2) is 34.2 Å². The third-order valence-corrected chi connectivity index (χ3v) is 3.28. The highest BCUT2D eigenvalue weighted by atomic mass is 32.1. The molecule has 19 heavy (non-hydrogen) atoms. The first-order chi connectivity index (χ1) is 9.15. The minimum absolute atomic E-state index is 0.0786. The van der Waals surface area contributed by atoms with E-state index in [1.54, 1.807) is 16.8 Å². The predicted octanol–water partition coefficient (Wildman–Crippen LogP) is 2.38. The normalized spacial score (nSPS) is 10.9. The van der Waals surface area contributed by atoms with Crippen molar-refractivity contribution in [1.29, 1.82) is 0 Å². The first-order valence-corrected chi connectivity index (χ1v) is 6.80. The number of aromatic nitrogens is 2. The monoisotopic (exact) mass is 279 g/mol. The quantitative estimate of drug-likeness (QED) is 0.762. The van der Waals surface area contributed by atoms with Gasteiger partial charge in [0, 0.05) is 24.9 Å². The lowest BCUT2D eigenvalue weighted by molar-refractivity contribution is 0.0962. The second-order valence-corrected chi connectivity index (χ2v) is 4.97. The van der Waals surface area contributed by atoms with E-state index < -0.39 is 5.82 Å². The van der Waals surface area contributed by atoms with Gasteiger partial charge in [-0.1, -0.05) is 0 Å². The first-order valence-electron chi connectivity index (χ1n) is 5.85. The Bertz CT molecular complexity index is 527. The topological polar surface area (TPSA) is 46.1 Å². The van der Waals surface area contributed by atoms with Gasteiger partial charge in [-0.2, -0.15) is 0 Å². The van der Waals surface area contributed by atoms with Crippen LogP contribution in [0, 0.1) is 5.82 Å². The molecule has 0 amide bonds. The number of halogens is 1. The summed E-state index contributed by atoms with van der Waals surface area (Å²) < 4.78 is 12.7. The molecule has 4 nitrogen and oxygen atoms in total. The van der Waals surface area contributed by atoms with Gasteiger partial charge in [0.25, 0.3) is 0 Å². The van der Waals surface area contributed by atoms with Gasteiger partial charge in [0.05, 0.1) is 17.4 Å². The van der Waals surface area contributed by atoms with Crippen LogP contribution in [0.15, 0.2) is 29.2 Å². The summed E-state index contributed by atoms with van der Waals surface area (Å²) in [5.74, 6) is -0.512. The molecule has 0 atom stereocenters. The van der Waals surface area contributed by atoms with Crippen LogP contribution >= 0.6 is 11.3 Å². The Morgan fingerprint density at radius 3 is 2.89 bits per heavy atom. The number of carbonyl (C=O) groups excluding carboxylic acids is 1. The Hall–Kier alpha value is -1.66. The average molecular weight is 279 g/mol. The van der Waals surface area contributed by atoms with Crippen LogP contribution in [-0.2, 0) is 6.54 Å². The lowest BCUT2D eigenvalue weighted by Gasteiger charge is -2.14. The Kier molecular flexibility index (Phi) is 4.70.